The Kier molecular flexibility index (Phi) is 3.38. The second-order valence-corrected chi connectivity index (χ2v) is 3.38. The molecule has 1 heterocycles. The van der Waals surface area contributed by atoms with Crippen LogP contribution >= 0.6 is 0 Å². The van der Waals surface area contributed by atoms with Crippen molar-refractivity contribution in [2.45, 2.75) is 12.9 Å². The number of benzene rings is 1. The van der Waals surface area contributed by atoms with Gasteiger partial charge in [-0.1, -0.05) is 24.3 Å². The van der Waals surface area contributed by atoms with E-state index in [1.165, 1.54) is 0 Å². The monoisotopic (exact) mass is 223 g/mol. The second-order valence-electron chi connectivity index (χ2n) is 3.38. The molecule has 0 unspecified atom stereocenters. The van der Waals surface area contributed by atoms with Gasteiger partial charge in [0.1, 0.15) is 6.61 Å². The highest BCUT2D eigenvalue weighted by Crippen LogP contribution is 2.26. The SMILES string of the molecule is NC(=O)OCc1ccccc1C1OCCO1. The van der Waals surface area contributed by atoms with Gasteiger partial charge in [-0.15, -0.1) is 0 Å². The lowest BCUT2D eigenvalue weighted by atomic mass is 10.1. The Morgan fingerprint density at radius 3 is 2.75 bits per heavy atom. The Morgan fingerprint density at radius 1 is 1.38 bits per heavy atom. The fourth-order valence-electron chi connectivity index (χ4n) is 1.58. The molecular formula is C11H13NO4. The summed E-state index contributed by atoms with van der Waals surface area (Å²) in [5.74, 6) is 0. The molecule has 0 bridgehead atoms. The van der Waals surface area contributed by atoms with Gasteiger partial charge >= 0.3 is 6.09 Å². The van der Waals surface area contributed by atoms with Crippen LogP contribution in [0.3, 0.4) is 0 Å². The maximum atomic E-state index is 10.5. The summed E-state index contributed by atoms with van der Waals surface area (Å²) in [6, 6.07) is 7.48. The van der Waals surface area contributed by atoms with Crippen LogP contribution in [0.5, 0.6) is 0 Å². The molecule has 0 radical (unpaired) electrons. The van der Waals surface area contributed by atoms with Crippen molar-refractivity contribution in [3.63, 3.8) is 0 Å². The predicted molar refractivity (Wildman–Crippen MR) is 55.5 cm³/mol. The Balaban J connectivity index is 2.13. The Bertz CT molecular complexity index is 374. The van der Waals surface area contributed by atoms with E-state index in [4.69, 9.17) is 19.9 Å². The summed E-state index contributed by atoms with van der Waals surface area (Å²) in [5.41, 5.74) is 6.64. The highest BCUT2D eigenvalue weighted by Gasteiger charge is 2.21. The summed E-state index contributed by atoms with van der Waals surface area (Å²) in [6.45, 7) is 1.29. The lowest BCUT2D eigenvalue weighted by molar-refractivity contribution is -0.0453. The van der Waals surface area contributed by atoms with E-state index in [1.54, 1.807) is 0 Å². The van der Waals surface area contributed by atoms with Crippen LogP contribution in [0.2, 0.25) is 0 Å². The van der Waals surface area contributed by atoms with Gasteiger partial charge in [-0.25, -0.2) is 4.79 Å². The molecule has 0 aromatic heterocycles. The van der Waals surface area contributed by atoms with Gasteiger partial charge in [0.05, 0.1) is 13.2 Å². The van der Waals surface area contributed by atoms with Crippen LogP contribution in [-0.4, -0.2) is 19.3 Å². The van der Waals surface area contributed by atoms with Crippen LogP contribution in [0.25, 0.3) is 0 Å². The minimum absolute atomic E-state index is 0.134. The number of carbonyl (C=O) groups is 1. The first-order valence-corrected chi connectivity index (χ1v) is 5.00. The number of carbonyl (C=O) groups excluding carboxylic acids is 1. The lowest BCUT2D eigenvalue weighted by Crippen LogP contribution is -2.14. The third-order valence-corrected chi connectivity index (χ3v) is 2.30. The largest absolute Gasteiger partial charge is 0.445 e. The molecule has 16 heavy (non-hydrogen) atoms. The molecule has 1 aromatic rings. The molecule has 0 saturated carbocycles. The van der Waals surface area contributed by atoms with Crippen LogP contribution in [0.15, 0.2) is 24.3 Å². The summed E-state index contributed by atoms with van der Waals surface area (Å²) in [7, 11) is 0. The maximum Gasteiger partial charge on any atom is 0.404 e. The second kappa shape index (κ2) is 4.96. The molecule has 0 atom stereocenters. The molecule has 2 N–H and O–H groups in total. The number of hydrogen-bond acceptors (Lipinski definition) is 4. The summed E-state index contributed by atoms with van der Waals surface area (Å²) < 4.78 is 15.5. The van der Waals surface area contributed by atoms with E-state index >= 15 is 0 Å². The zero-order valence-corrected chi connectivity index (χ0v) is 8.72. The quantitative estimate of drug-likeness (QED) is 0.839. The molecule has 1 aromatic carbocycles. The van der Waals surface area contributed by atoms with Crippen molar-refractivity contribution in [3.05, 3.63) is 35.4 Å². The van der Waals surface area contributed by atoms with Crippen molar-refractivity contribution < 1.29 is 19.0 Å². The van der Waals surface area contributed by atoms with Crippen LogP contribution in [0.1, 0.15) is 17.4 Å². The maximum absolute atomic E-state index is 10.5. The molecule has 86 valence electrons. The summed E-state index contributed by atoms with van der Waals surface area (Å²) >= 11 is 0. The van der Waals surface area contributed by atoms with Gasteiger partial charge in [0, 0.05) is 5.56 Å². The normalized spacial score (nSPS) is 16.2. The van der Waals surface area contributed by atoms with Crippen molar-refractivity contribution in [3.8, 4) is 0 Å². The number of ether oxygens (including phenoxy) is 3. The predicted octanol–water partition coefficient (Wildman–Crippen LogP) is 1.33. The van der Waals surface area contributed by atoms with Gasteiger partial charge in [-0.2, -0.15) is 0 Å². The molecule has 0 aliphatic carbocycles. The highest BCUT2D eigenvalue weighted by atomic mass is 16.7. The van der Waals surface area contributed by atoms with Crippen molar-refractivity contribution >= 4 is 6.09 Å². The smallest absolute Gasteiger partial charge is 0.404 e. The fraction of sp³-hybridized carbons (Fsp3) is 0.364. The van der Waals surface area contributed by atoms with Crippen molar-refractivity contribution in [2.24, 2.45) is 5.73 Å². The van der Waals surface area contributed by atoms with E-state index < -0.39 is 6.09 Å². The average Bonchev–Trinajstić information content (AvgIpc) is 2.80. The van der Waals surface area contributed by atoms with Gasteiger partial charge in [-0.05, 0) is 5.56 Å². The Labute approximate surface area is 93.1 Å². The van der Waals surface area contributed by atoms with Crippen molar-refractivity contribution in [1.29, 1.82) is 0 Å². The minimum atomic E-state index is -0.789. The third-order valence-electron chi connectivity index (χ3n) is 2.30. The van der Waals surface area contributed by atoms with E-state index in [0.29, 0.717) is 13.2 Å². The topological polar surface area (TPSA) is 70.8 Å². The molecule has 2 rings (SSSR count). The molecule has 1 amide bonds. The Hall–Kier alpha value is -1.59. The van der Waals surface area contributed by atoms with E-state index in [9.17, 15) is 4.79 Å². The average molecular weight is 223 g/mol. The first-order valence-electron chi connectivity index (χ1n) is 5.00. The zero-order valence-electron chi connectivity index (χ0n) is 8.72. The van der Waals surface area contributed by atoms with Crippen molar-refractivity contribution in [1.82, 2.24) is 0 Å². The number of nitrogens with two attached hydrogens (primary N) is 1. The van der Waals surface area contributed by atoms with Crippen molar-refractivity contribution in [2.75, 3.05) is 13.2 Å². The molecule has 5 nitrogen and oxygen atoms in total. The number of amides is 1. The third kappa shape index (κ3) is 2.50. The number of hydrogen-bond donors (Lipinski definition) is 1. The van der Waals surface area contributed by atoms with Crippen LogP contribution in [0, 0.1) is 0 Å². The number of primary amides is 1. The molecular weight excluding hydrogens is 210 g/mol. The summed E-state index contributed by atoms with van der Waals surface area (Å²) in [4.78, 5) is 10.5. The fourth-order valence-corrected chi connectivity index (χ4v) is 1.58. The molecule has 1 aliphatic rings. The molecule has 0 spiro atoms. The van der Waals surface area contributed by atoms with Crippen LogP contribution < -0.4 is 5.73 Å². The number of rotatable bonds is 3. The lowest BCUT2D eigenvalue weighted by Gasteiger charge is -2.14. The van der Waals surface area contributed by atoms with Gasteiger partial charge in [-0.3, -0.25) is 0 Å². The minimum Gasteiger partial charge on any atom is -0.445 e. The molecule has 5 heteroatoms. The highest BCUT2D eigenvalue weighted by molar-refractivity contribution is 5.64. The van der Waals surface area contributed by atoms with E-state index in [1.807, 2.05) is 24.3 Å². The Morgan fingerprint density at radius 2 is 2.06 bits per heavy atom. The van der Waals surface area contributed by atoms with E-state index in [-0.39, 0.29) is 12.9 Å². The van der Waals surface area contributed by atoms with E-state index in [2.05, 4.69) is 0 Å². The standard InChI is InChI=1S/C11H13NO4/c12-11(13)16-7-8-3-1-2-4-9(8)10-14-5-6-15-10/h1-4,10H,5-7H2,(H2,12,13). The van der Waals surface area contributed by atoms with Gasteiger partial charge in [0.2, 0.25) is 0 Å². The summed E-state index contributed by atoms with van der Waals surface area (Å²) in [5, 5.41) is 0. The van der Waals surface area contributed by atoms with Crippen LogP contribution in [0.4, 0.5) is 4.79 Å². The van der Waals surface area contributed by atoms with Gasteiger partial charge in [0.15, 0.2) is 6.29 Å². The molecule has 1 aliphatic heterocycles. The molecule has 1 fully saturated rings. The van der Waals surface area contributed by atoms with Gasteiger partial charge < -0.3 is 19.9 Å². The van der Waals surface area contributed by atoms with Gasteiger partial charge in [0.25, 0.3) is 0 Å². The molecule has 1 saturated heterocycles. The van der Waals surface area contributed by atoms with E-state index in [0.717, 1.165) is 11.1 Å². The first-order chi connectivity index (χ1) is 7.77. The van der Waals surface area contributed by atoms with Crippen LogP contribution in [-0.2, 0) is 20.8 Å². The first kappa shape index (κ1) is 10.9. The zero-order chi connectivity index (χ0) is 11.4. The summed E-state index contributed by atoms with van der Waals surface area (Å²) in [6.07, 6.45) is -1.16.